The fraction of sp³-hybridized carbons (Fsp3) is 0.417. The van der Waals surface area contributed by atoms with Crippen molar-refractivity contribution in [2.75, 3.05) is 13.7 Å². The lowest BCUT2D eigenvalue weighted by Gasteiger charge is -2.13. The highest BCUT2D eigenvalue weighted by atomic mass is 127. The number of rotatable bonds is 5. The highest BCUT2D eigenvalue weighted by Gasteiger charge is 2.03. The van der Waals surface area contributed by atoms with Crippen LogP contribution in [0, 0.1) is 11.6 Å². The van der Waals surface area contributed by atoms with Crippen molar-refractivity contribution in [3.63, 3.8) is 0 Å². The van der Waals surface area contributed by atoms with Crippen LogP contribution in [0.3, 0.4) is 0 Å². The summed E-state index contributed by atoms with van der Waals surface area (Å²) < 4.78 is 30.7. The van der Waals surface area contributed by atoms with Crippen LogP contribution >= 0.6 is 24.0 Å². The smallest absolute Gasteiger partial charge is 0.189 e. The van der Waals surface area contributed by atoms with E-state index in [0.29, 0.717) is 12.2 Å². The molecule has 0 fully saturated rings. The summed E-state index contributed by atoms with van der Waals surface area (Å²) in [6, 6.07) is 3.27. The fourth-order valence-electron chi connectivity index (χ4n) is 1.47. The zero-order valence-electron chi connectivity index (χ0n) is 10.8. The monoisotopic (exact) mass is 385 g/mol. The Kier molecular flexibility index (Phi) is 8.57. The van der Waals surface area contributed by atoms with Crippen molar-refractivity contribution in [2.45, 2.75) is 19.5 Å². The molecule has 4 nitrogen and oxygen atoms in total. The van der Waals surface area contributed by atoms with Gasteiger partial charge in [-0.1, -0.05) is 0 Å². The lowest BCUT2D eigenvalue weighted by Crippen LogP contribution is -2.40. The SMILES string of the molecule is COCC(C)NC(N)=NCc1cc(F)cc(F)c1.I. The summed E-state index contributed by atoms with van der Waals surface area (Å²) >= 11 is 0. The van der Waals surface area contributed by atoms with E-state index in [9.17, 15) is 8.78 Å². The molecule has 1 rings (SSSR count). The summed E-state index contributed by atoms with van der Waals surface area (Å²) in [5.74, 6) is -1.04. The number of methoxy groups -OCH3 is 1. The van der Waals surface area contributed by atoms with Crippen molar-refractivity contribution < 1.29 is 13.5 Å². The molecule has 1 atom stereocenters. The minimum Gasteiger partial charge on any atom is -0.383 e. The van der Waals surface area contributed by atoms with Crippen LogP contribution < -0.4 is 11.1 Å². The first-order valence-corrected chi connectivity index (χ1v) is 5.51. The zero-order valence-corrected chi connectivity index (χ0v) is 13.2. The van der Waals surface area contributed by atoms with Crippen molar-refractivity contribution in [1.82, 2.24) is 5.32 Å². The van der Waals surface area contributed by atoms with Gasteiger partial charge >= 0.3 is 0 Å². The Hall–Kier alpha value is -0.960. The molecule has 1 aromatic carbocycles. The molecule has 0 radical (unpaired) electrons. The Balaban J connectivity index is 0.00000324. The lowest BCUT2D eigenvalue weighted by atomic mass is 10.2. The van der Waals surface area contributed by atoms with Gasteiger partial charge in [-0.2, -0.15) is 0 Å². The summed E-state index contributed by atoms with van der Waals surface area (Å²) in [4.78, 5) is 3.99. The first-order valence-electron chi connectivity index (χ1n) is 5.51. The molecule has 0 heterocycles. The summed E-state index contributed by atoms with van der Waals surface area (Å²) in [6.45, 7) is 2.49. The van der Waals surface area contributed by atoms with Gasteiger partial charge in [0.05, 0.1) is 13.2 Å². The van der Waals surface area contributed by atoms with Crippen LogP contribution in [0.4, 0.5) is 8.78 Å². The van der Waals surface area contributed by atoms with Crippen LogP contribution in [0.1, 0.15) is 12.5 Å². The van der Waals surface area contributed by atoms with Gasteiger partial charge in [-0.25, -0.2) is 13.8 Å². The van der Waals surface area contributed by atoms with Gasteiger partial charge in [0.1, 0.15) is 11.6 Å². The highest BCUT2D eigenvalue weighted by Crippen LogP contribution is 2.08. The molecule has 7 heteroatoms. The molecule has 0 bridgehead atoms. The molecule has 19 heavy (non-hydrogen) atoms. The topological polar surface area (TPSA) is 59.6 Å². The van der Waals surface area contributed by atoms with Gasteiger partial charge in [0.2, 0.25) is 0 Å². The van der Waals surface area contributed by atoms with Gasteiger partial charge < -0.3 is 15.8 Å². The number of nitrogens with zero attached hydrogens (tertiary/aromatic N) is 1. The number of hydrogen-bond acceptors (Lipinski definition) is 2. The Morgan fingerprint density at radius 2 is 1.95 bits per heavy atom. The molecule has 0 saturated heterocycles. The van der Waals surface area contributed by atoms with Crippen LogP contribution in [-0.4, -0.2) is 25.7 Å². The second kappa shape index (κ2) is 9.03. The molecule has 3 N–H and O–H groups in total. The quantitative estimate of drug-likeness (QED) is 0.463. The predicted octanol–water partition coefficient (Wildman–Crippen LogP) is 2.02. The molecule has 1 unspecified atom stereocenters. The number of nitrogens with one attached hydrogen (secondary N) is 1. The van der Waals surface area contributed by atoms with Gasteiger partial charge in [-0.05, 0) is 24.6 Å². The van der Waals surface area contributed by atoms with E-state index in [1.807, 2.05) is 6.92 Å². The first-order chi connectivity index (χ1) is 8.51. The first kappa shape index (κ1) is 18.0. The van der Waals surface area contributed by atoms with Gasteiger partial charge in [0.25, 0.3) is 0 Å². The van der Waals surface area contributed by atoms with Crippen molar-refractivity contribution in [3.05, 3.63) is 35.4 Å². The number of ether oxygens (including phenoxy) is 1. The predicted molar refractivity (Wildman–Crippen MR) is 81.6 cm³/mol. The number of guanidine groups is 1. The molecule has 0 aliphatic heterocycles. The number of halogens is 3. The third-order valence-electron chi connectivity index (χ3n) is 2.17. The molecule has 0 aromatic heterocycles. The highest BCUT2D eigenvalue weighted by molar-refractivity contribution is 14.0. The van der Waals surface area contributed by atoms with Crippen LogP contribution in [0.25, 0.3) is 0 Å². The van der Waals surface area contributed by atoms with Gasteiger partial charge in [0.15, 0.2) is 5.96 Å². The lowest BCUT2D eigenvalue weighted by molar-refractivity contribution is 0.179. The number of benzene rings is 1. The van der Waals surface area contributed by atoms with E-state index in [-0.39, 0.29) is 42.5 Å². The largest absolute Gasteiger partial charge is 0.383 e. The van der Waals surface area contributed by atoms with E-state index in [4.69, 9.17) is 10.5 Å². The van der Waals surface area contributed by atoms with E-state index in [0.717, 1.165) is 6.07 Å². The maximum atomic E-state index is 12.9. The summed E-state index contributed by atoms with van der Waals surface area (Å²) in [5.41, 5.74) is 6.05. The van der Waals surface area contributed by atoms with E-state index >= 15 is 0 Å². The van der Waals surface area contributed by atoms with E-state index in [1.165, 1.54) is 12.1 Å². The zero-order chi connectivity index (χ0) is 13.5. The molecule has 1 aromatic rings. The molecule has 0 aliphatic rings. The van der Waals surface area contributed by atoms with Crippen LogP contribution in [0.5, 0.6) is 0 Å². The molecular formula is C12H18F2IN3O. The van der Waals surface area contributed by atoms with Crippen molar-refractivity contribution in [1.29, 1.82) is 0 Å². The van der Waals surface area contributed by atoms with E-state index in [2.05, 4.69) is 10.3 Å². The molecule has 108 valence electrons. The number of nitrogens with two attached hydrogens (primary N) is 1. The Morgan fingerprint density at radius 1 is 1.37 bits per heavy atom. The van der Waals surface area contributed by atoms with Crippen molar-refractivity contribution in [3.8, 4) is 0 Å². The van der Waals surface area contributed by atoms with E-state index < -0.39 is 11.6 Å². The Labute approximate surface area is 128 Å². The second-order valence-corrected chi connectivity index (χ2v) is 3.98. The van der Waals surface area contributed by atoms with Crippen LogP contribution in [0.15, 0.2) is 23.2 Å². The Bertz CT molecular complexity index is 409. The van der Waals surface area contributed by atoms with Gasteiger partial charge in [0, 0.05) is 19.2 Å². The molecular weight excluding hydrogens is 367 g/mol. The van der Waals surface area contributed by atoms with Crippen molar-refractivity contribution >= 4 is 29.9 Å². The standard InChI is InChI=1S/C12H17F2N3O.HI/c1-8(7-18-2)17-12(15)16-6-9-3-10(13)5-11(14)4-9;/h3-5,8H,6-7H2,1-2H3,(H3,15,16,17);1H. The molecule has 0 aliphatic carbocycles. The van der Waals surface area contributed by atoms with Crippen LogP contribution in [0.2, 0.25) is 0 Å². The third-order valence-corrected chi connectivity index (χ3v) is 2.17. The normalized spacial score (nSPS) is 12.7. The minimum absolute atomic E-state index is 0. The summed E-state index contributed by atoms with van der Waals surface area (Å²) in [6.07, 6.45) is 0. The van der Waals surface area contributed by atoms with E-state index in [1.54, 1.807) is 7.11 Å². The summed E-state index contributed by atoms with van der Waals surface area (Å²) in [7, 11) is 1.58. The second-order valence-electron chi connectivity index (χ2n) is 3.98. The average Bonchev–Trinajstić information content (AvgIpc) is 2.25. The average molecular weight is 385 g/mol. The van der Waals surface area contributed by atoms with Crippen LogP contribution in [-0.2, 0) is 11.3 Å². The minimum atomic E-state index is -0.625. The number of hydrogen-bond donors (Lipinski definition) is 2. The van der Waals surface area contributed by atoms with Gasteiger partial charge in [-0.3, -0.25) is 0 Å². The maximum Gasteiger partial charge on any atom is 0.189 e. The van der Waals surface area contributed by atoms with Crippen molar-refractivity contribution in [2.24, 2.45) is 10.7 Å². The molecule has 0 spiro atoms. The van der Waals surface area contributed by atoms with Gasteiger partial charge in [-0.15, -0.1) is 24.0 Å². The maximum absolute atomic E-state index is 12.9. The third kappa shape index (κ3) is 7.26. The molecule has 0 amide bonds. The fourth-order valence-corrected chi connectivity index (χ4v) is 1.47. The summed E-state index contributed by atoms with van der Waals surface area (Å²) in [5, 5.41) is 2.90. The molecule has 0 saturated carbocycles. The number of aliphatic imine (C=N–C) groups is 1. The Morgan fingerprint density at radius 3 is 2.47 bits per heavy atom.